The zero-order valence-electron chi connectivity index (χ0n) is 11.5. The van der Waals surface area contributed by atoms with Gasteiger partial charge in [-0.15, -0.1) is 0 Å². The summed E-state index contributed by atoms with van der Waals surface area (Å²) < 4.78 is 0. The third-order valence-electron chi connectivity index (χ3n) is 3.34. The number of rotatable bonds is 5. The van der Waals surface area contributed by atoms with Crippen molar-refractivity contribution in [3.05, 3.63) is 78.2 Å². The Labute approximate surface area is 137 Å². The van der Waals surface area contributed by atoms with Crippen molar-refractivity contribution in [1.29, 1.82) is 0 Å². The van der Waals surface area contributed by atoms with Crippen LogP contribution < -0.4 is 0 Å². The Kier molecular flexibility index (Phi) is 7.36. The van der Waals surface area contributed by atoms with E-state index in [0.717, 1.165) is 6.54 Å². The van der Waals surface area contributed by atoms with Crippen molar-refractivity contribution in [2.45, 2.75) is 19.5 Å². The first-order valence-corrected chi connectivity index (χ1v) is 6.54. The first kappa shape index (κ1) is 16.8. The molecule has 0 amide bonds. The van der Waals surface area contributed by atoms with Gasteiger partial charge in [-0.3, -0.25) is 4.90 Å². The molecule has 0 spiro atoms. The molecule has 20 heavy (non-hydrogen) atoms. The van der Waals surface area contributed by atoms with Crippen LogP contribution in [0.2, 0.25) is 0 Å². The molecular weight excluding hydrogens is 427 g/mol. The quantitative estimate of drug-likeness (QED) is 0.384. The van der Waals surface area contributed by atoms with Crippen molar-refractivity contribution in [3.8, 4) is 5.92 Å². The molecule has 2 aromatic carbocycles. The number of benzene rings is 2. The fourth-order valence-corrected chi connectivity index (χ4v) is 2.19. The molecule has 0 aliphatic carbocycles. The molecule has 0 aliphatic rings. The van der Waals surface area contributed by atoms with Crippen LogP contribution in [-0.4, -0.2) is 11.4 Å². The summed E-state index contributed by atoms with van der Waals surface area (Å²) in [4.78, 5) is 2.25. The average Bonchev–Trinajstić information content (AvgIpc) is 2.48. The molecule has 0 N–H and O–H groups in total. The summed E-state index contributed by atoms with van der Waals surface area (Å²) >= 11 is 0. The van der Waals surface area contributed by atoms with Crippen molar-refractivity contribution < 1.29 is 22.4 Å². The molecule has 0 aromatic heterocycles. The van der Waals surface area contributed by atoms with E-state index in [4.69, 9.17) is 6.42 Å². The van der Waals surface area contributed by atoms with Crippen LogP contribution >= 0.6 is 0 Å². The fourth-order valence-electron chi connectivity index (χ4n) is 2.19. The summed E-state index contributed by atoms with van der Waals surface area (Å²) in [5.41, 5.74) is 2.54. The summed E-state index contributed by atoms with van der Waals surface area (Å²) in [5, 5.41) is 0. The van der Waals surface area contributed by atoms with E-state index in [1.54, 1.807) is 0 Å². The summed E-state index contributed by atoms with van der Waals surface area (Å²) in [6.07, 6.45) is 7.26. The van der Waals surface area contributed by atoms with Gasteiger partial charge in [0, 0.05) is 19.1 Å². The van der Waals surface area contributed by atoms with Crippen molar-refractivity contribution >= 4 is 0 Å². The van der Waals surface area contributed by atoms with Gasteiger partial charge >= 0.3 is 22.4 Å². The van der Waals surface area contributed by atoms with Gasteiger partial charge in [-0.05, 0) is 18.1 Å². The molecule has 0 heterocycles. The monoisotopic (exact) mass is 445 g/mol. The van der Waals surface area contributed by atoms with E-state index >= 15 is 0 Å². The van der Waals surface area contributed by atoms with Gasteiger partial charge in [0.2, 0.25) is 0 Å². The predicted octanol–water partition coefficient (Wildman–Crippen LogP) is 3.84. The third-order valence-corrected chi connectivity index (χ3v) is 3.34. The third kappa shape index (κ3) is 4.67. The van der Waals surface area contributed by atoms with Gasteiger partial charge in [0.15, 0.2) is 0 Å². The van der Waals surface area contributed by atoms with Crippen LogP contribution in [0.1, 0.15) is 24.1 Å². The second kappa shape index (κ2) is 8.79. The van der Waals surface area contributed by atoms with E-state index < -0.39 is 0 Å². The Morgan fingerprint density at radius 2 is 1.55 bits per heavy atom. The molecule has 0 saturated heterocycles. The maximum Gasteiger partial charge on any atom is 1.00 e. The van der Waals surface area contributed by atoms with Crippen molar-refractivity contribution in [3.63, 3.8) is 0 Å². The van der Waals surface area contributed by atoms with Crippen LogP contribution in [-0.2, 0) is 28.9 Å². The maximum atomic E-state index is 7.26. The van der Waals surface area contributed by atoms with Gasteiger partial charge in [-0.25, -0.2) is 0 Å². The molecule has 2 aromatic rings. The van der Waals surface area contributed by atoms with E-state index in [2.05, 4.69) is 66.3 Å². The molecule has 2 rings (SSSR count). The van der Waals surface area contributed by atoms with Crippen molar-refractivity contribution in [1.82, 2.24) is 4.90 Å². The van der Waals surface area contributed by atoms with Gasteiger partial charge in [-0.1, -0.05) is 60.7 Å². The van der Waals surface area contributed by atoms with Crippen LogP contribution in [0.25, 0.3) is 0 Å². The molecule has 1 nitrogen and oxygen atoms in total. The molecule has 1 atom stereocenters. The zero-order valence-corrected chi connectivity index (χ0v) is 13.7. The molecule has 0 fully saturated rings. The molecule has 0 aliphatic heterocycles. The summed E-state index contributed by atoms with van der Waals surface area (Å²) in [5.74, 6) is 2.51. The minimum atomic E-state index is 0. The fraction of sp³-hybridized carbons (Fsp3) is 0.222. The maximum absolute atomic E-state index is 7.26. The first-order valence-electron chi connectivity index (χ1n) is 6.54. The van der Waals surface area contributed by atoms with Gasteiger partial charge in [0.1, 0.15) is 0 Å². The van der Waals surface area contributed by atoms with Crippen molar-refractivity contribution in [2.75, 3.05) is 6.54 Å². The van der Waals surface area contributed by atoms with E-state index in [1.165, 1.54) is 11.1 Å². The molecule has 0 saturated carbocycles. The Bertz CT molecular complexity index is 530. The molecule has 0 bridgehead atoms. The van der Waals surface area contributed by atoms with Gasteiger partial charge in [0.25, 0.3) is 0 Å². The predicted molar refractivity (Wildman–Crippen MR) is 78.8 cm³/mol. The molecule has 0 unspecified atom stereocenters. The Hall–Kier alpha value is -1.30. The summed E-state index contributed by atoms with van der Waals surface area (Å²) in [6.45, 7) is 3.56. The van der Waals surface area contributed by atoms with Crippen LogP contribution in [0.4, 0.5) is 0 Å². The zero-order chi connectivity index (χ0) is 13.5. The van der Waals surface area contributed by atoms with Crippen LogP contribution in [0.15, 0.2) is 60.7 Å². The minimum absolute atomic E-state index is 0. The normalized spacial score (nSPS) is 11.4. The van der Waals surface area contributed by atoms with E-state index in [1.807, 2.05) is 12.1 Å². The van der Waals surface area contributed by atoms with Crippen LogP contribution in [0, 0.1) is 12.3 Å². The van der Waals surface area contributed by atoms with Gasteiger partial charge in [-0.2, -0.15) is 0 Å². The van der Waals surface area contributed by atoms with Gasteiger partial charge in [0.05, 0.1) is 0 Å². The number of hydrogen-bond acceptors (Lipinski definition) is 1. The standard InChI is InChI=1S/C18H18N.Au/c1-3-14-19(15-17-10-6-4-7-11-17)16(2)18-12-8-5-9-13-18;/h4-13,16H,14-15H2,2H3;/q-1;+1/t16-;/m0./s1. The Morgan fingerprint density at radius 1 is 1.00 bits per heavy atom. The Balaban J connectivity index is 0.00000200. The minimum Gasteiger partial charge on any atom is -0.692 e. The summed E-state index contributed by atoms with van der Waals surface area (Å²) in [7, 11) is 0. The number of hydrogen-bond donors (Lipinski definition) is 0. The molecule has 2 heteroatoms. The SMILES string of the molecule is [Au+].[C-]#CCN(Cc1ccccc1)[C@@H](C)c1ccccc1. The van der Waals surface area contributed by atoms with E-state index in [0.29, 0.717) is 6.54 Å². The first-order chi connectivity index (χ1) is 9.31. The number of nitrogens with zero attached hydrogens (tertiary/aromatic N) is 1. The molecular formula is C18H18AuN. The smallest absolute Gasteiger partial charge is 0.692 e. The molecule has 106 valence electrons. The Morgan fingerprint density at radius 3 is 2.10 bits per heavy atom. The van der Waals surface area contributed by atoms with Crippen molar-refractivity contribution in [2.24, 2.45) is 0 Å². The average molecular weight is 445 g/mol. The van der Waals surface area contributed by atoms with Gasteiger partial charge < -0.3 is 12.3 Å². The molecule has 0 radical (unpaired) electrons. The topological polar surface area (TPSA) is 3.24 Å². The van der Waals surface area contributed by atoms with Crippen LogP contribution in [0.3, 0.4) is 0 Å². The second-order valence-corrected chi connectivity index (χ2v) is 4.65. The summed E-state index contributed by atoms with van der Waals surface area (Å²) in [6, 6.07) is 21.0. The van der Waals surface area contributed by atoms with E-state index in [-0.39, 0.29) is 28.4 Å². The van der Waals surface area contributed by atoms with E-state index in [9.17, 15) is 0 Å². The second-order valence-electron chi connectivity index (χ2n) is 4.65. The van der Waals surface area contributed by atoms with Crippen LogP contribution in [0.5, 0.6) is 0 Å². The largest absolute Gasteiger partial charge is 1.00 e.